The number of benzene rings is 1. The van der Waals surface area contributed by atoms with Crippen LogP contribution in [0.3, 0.4) is 0 Å². The second kappa shape index (κ2) is 4.99. The highest BCUT2D eigenvalue weighted by atomic mass is 35.5. The van der Waals surface area contributed by atoms with Gasteiger partial charge in [-0.2, -0.15) is 0 Å². The molecule has 5 nitrogen and oxygen atoms in total. The number of hydrogen-bond donors (Lipinski definition) is 1. The van der Waals surface area contributed by atoms with Crippen molar-refractivity contribution in [3.63, 3.8) is 0 Å². The van der Waals surface area contributed by atoms with E-state index in [-0.39, 0.29) is 33.9 Å². The van der Waals surface area contributed by atoms with Gasteiger partial charge in [-0.25, -0.2) is 9.69 Å². The van der Waals surface area contributed by atoms with E-state index in [1.165, 1.54) is 30.0 Å². The van der Waals surface area contributed by atoms with Crippen LogP contribution in [0.15, 0.2) is 18.2 Å². The van der Waals surface area contributed by atoms with Gasteiger partial charge in [0.15, 0.2) is 0 Å². The summed E-state index contributed by atoms with van der Waals surface area (Å²) in [6.45, 7) is 0. The molecule has 0 spiro atoms. The van der Waals surface area contributed by atoms with E-state index in [9.17, 15) is 14.4 Å². The van der Waals surface area contributed by atoms with Gasteiger partial charge in [0, 0.05) is 0 Å². The average Bonchev–Trinajstić information content (AvgIpc) is 2.28. The monoisotopic (exact) mass is 285 g/mol. The summed E-state index contributed by atoms with van der Waals surface area (Å²) < 4.78 is 0. The number of carbonyl (C=O) groups excluding carboxylic acids is 2. The first-order chi connectivity index (χ1) is 8.50. The predicted octanol–water partition coefficient (Wildman–Crippen LogP) is 1.64. The lowest BCUT2D eigenvalue weighted by Gasteiger charge is -2.24. The summed E-state index contributed by atoms with van der Waals surface area (Å²) in [6, 6.07) is 4.00. The van der Waals surface area contributed by atoms with Gasteiger partial charge in [-0.1, -0.05) is 11.6 Å². The number of carboxylic acids is 1. The van der Waals surface area contributed by atoms with Gasteiger partial charge in [0.25, 0.3) is 0 Å². The zero-order valence-corrected chi connectivity index (χ0v) is 10.6. The summed E-state index contributed by atoms with van der Waals surface area (Å²) in [5.41, 5.74) is 0.243. The van der Waals surface area contributed by atoms with Crippen LogP contribution in [-0.2, 0) is 9.59 Å². The second-order valence-corrected chi connectivity index (χ2v) is 4.98. The third-order valence-electron chi connectivity index (χ3n) is 2.39. The molecule has 0 aliphatic carbocycles. The van der Waals surface area contributed by atoms with Crippen molar-refractivity contribution in [2.24, 2.45) is 0 Å². The molecule has 7 heteroatoms. The molecule has 1 aromatic carbocycles. The maximum absolute atomic E-state index is 11.7. The Labute approximate surface area is 112 Å². The van der Waals surface area contributed by atoms with Gasteiger partial charge >= 0.3 is 5.97 Å². The largest absolute Gasteiger partial charge is 0.478 e. The molecule has 0 saturated carbocycles. The Balaban J connectivity index is 2.39. The molecule has 1 aromatic rings. The third-order valence-corrected chi connectivity index (χ3v) is 3.61. The third kappa shape index (κ3) is 2.34. The molecule has 18 heavy (non-hydrogen) atoms. The van der Waals surface area contributed by atoms with E-state index in [0.29, 0.717) is 5.69 Å². The van der Waals surface area contributed by atoms with E-state index in [1.807, 2.05) is 0 Å². The number of aromatic carboxylic acids is 1. The summed E-state index contributed by atoms with van der Waals surface area (Å²) in [5.74, 6) is -1.35. The Morgan fingerprint density at radius 3 is 2.39 bits per heavy atom. The highest BCUT2D eigenvalue weighted by molar-refractivity contribution is 8.00. The maximum atomic E-state index is 11.7. The topological polar surface area (TPSA) is 74.7 Å². The van der Waals surface area contributed by atoms with Gasteiger partial charge in [-0.05, 0) is 18.2 Å². The minimum atomic E-state index is -1.15. The summed E-state index contributed by atoms with van der Waals surface area (Å²) in [7, 11) is 0. The van der Waals surface area contributed by atoms with Gasteiger partial charge < -0.3 is 5.11 Å². The van der Waals surface area contributed by atoms with Crippen LogP contribution < -0.4 is 4.90 Å². The van der Waals surface area contributed by atoms with Gasteiger partial charge in [-0.3, -0.25) is 9.59 Å². The quantitative estimate of drug-likeness (QED) is 0.836. The Morgan fingerprint density at radius 1 is 1.28 bits per heavy atom. The van der Waals surface area contributed by atoms with Crippen LogP contribution in [0.5, 0.6) is 0 Å². The number of carbonyl (C=O) groups is 3. The van der Waals surface area contributed by atoms with Gasteiger partial charge in [0.1, 0.15) is 0 Å². The molecule has 0 bridgehead atoms. The normalized spacial score (nSPS) is 15.9. The molecule has 1 heterocycles. The molecule has 2 rings (SSSR count). The molecular formula is C11H8ClNO4S. The number of imide groups is 1. The van der Waals surface area contributed by atoms with Crippen molar-refractivity contribution < 1.29 is 19.5 Å². The molecule has 1 N–H and O–H groups in total. The molecule has 2 amide bonds. The number of anilines is 1. The molecular weight excluding hydrogens is 278 g/mol. The fraction of sp³-hybridized carbons (Fsp3) is 0.182. The first-order valence-electron chi connectivity index (χ1n) is 4.97. The smallest absolute Gasteiger partial charge is 0.337 e. The molecule has 1 aliphatic heterocycles. The lowest BCUT2D eigenvalue weighted by molar-refractivity contribution is -0.124. The summed E-state index contributed by atoms with van der Waals surface area (Å²) in [5, 5.41) is 8.83. The molecule has 94 valence electrons. The first-order valence-corrected chi connectivity index (χ1v) is 6.50. The Kier molecular flexibility index (Phi) is 3.58. The number of carboxylic acid groups (broad SMARTS) is 1. The Morgan fingerprint density at radius 2 is 1.89 bits per heavy atom. The Hall–Kier alpha value is -1.53. The maximum Gasteiger partial charge on any atom is 0.337 e. The minimum Gasteiger partial charge on any atom is -0.478 e. The van der Waals surface area contributed by atoms with Crippen molar-refractivity contribution in [2.75, 3.05) is 16.4 Å². The minimum absolute atomic E-state index is 0.00109. The van der Waals surface area contributed by atoms with E-state index < -0.39 is 5.97 Å². The van der Waals surface area contributed by atoms with Crippen LogP contribution in [0.1, 0.15) is 10.4 Å². The van der Waals surface area contributed by atoms with Gasteiger partial charge in [0.2, 0.25) is 11.8 Å². The standard InChI is InChI=1S/C11H8ClNO4S/c12-8-3-6(1-2-7(8)11(16)17)13-9(14)4-18-5-10(13)15/h1-3H,4-5H2,(H,16,17). The summed E-state index contributed by atoms with van der Waals surface area (Å²) in [4.78, 5) is 35.2. The first kappa shape index (κ1) is 12.9. The lowest BCUT2D eigenvalue weighted by atomic mass is 10.2. The van der Waals surface area contributed by atoms with Crippen molar-refractivity contribution in [3.8, 4) is 0 Å². The van der Waals surface area contributed by atoms with E-state index in [2.05, 4.69) is 0 Å². The fourth-order valence-electron chi connectivity index (χ4n) is 1.60. The summed E-state index contributed by atoms with van der Waals surface area (Å²) in [6.07, 6.45) is 0. The predicted molar refractivity (Wildman–Crippen MR) is 68.2 cm³/mol. The van der Waals surface area contributed by atoms with Crippen LogP contribution in [-0.4, -0.2) is 34.4 Å². The lowest BCUT2D eigenvalue weighted by Crippen LogP contribution is -2.43. The van der Waals surface area contributed by atoms with Crippen molar-refractivity contribution >= 4 is 46.8 Å². The average molecular weight is 286 g/mol. The van der Waals surface area contributed by atoms with Crippen molar-refractivity contribution in [1.29, 1.82) is 0 Å². The van der Waals surface area contributed by atoms with Crippen LogP contribution in [0.25, 0.3) is 0 Å². The molecule has 0 radical (unpaired) electrons. The molecule has 1 saturated heterocycles. The molecule has 1 fully saturated rings. The van der Waals surface area contributed by atoms with Crippen LogP contribution in [0.4, 0.5) is 5.69 Å². The van der Waals surface area contributed by atoms with Crippen molar-refractivity contribution in [1.82, 2.24) is 0 Å². The SMILES string of the molecule is O=C(O)c1ccc(N2C(=O)CSCC2=O)cc1Cl. The van der Waals surface area contributed by atoms with Gasteiger partial charge in [-0.15, -0.1) is 11.8 Å². The van der Waals surface area contributed by atoms with Crippen LogP contribution in [0.2, 0.25) is 5.02 Å². The van der Waals surface area contributed by atoms with Crippen molar-refractivity contribution in [2.45, 2.75) is 0 Å². The number of amides is 2. The second-order valence-electron chi connectivity index (χ2n) is 3.58. The fourth-order valence-corrected chi connectivity index (χ4v) is 2.56. The number of rotatable bonds is 2. The Bertz CT molecular complexity index is 530. The van der Waals surface area contributed by atoms with Crippen LogP contribution in [0, 0.1) is 0 Å². The molecule has 0 unspecified atom stereocenters. The summed E-state index contributed by atoms with van der Waals surface area (Å²) >= 11 is 7.06. The van der Waals surface area contributed by atoms with E-state index in [4.69, 9.17) is 16.7 Å². The van der Waals surface area contributed by atoms with E-state index >= 15 is 0 Å². The zero-order chi connectivity index (χ0) is 13.3. The molecule has 1 aliphatic rings. The van der Waals surface area contributed by atoms with E-state index in [1.54, 1.807) is 0 Å². The highest BCUT2D eigenvalue weighted by Crippen LogP contribution is 2.26. The molecule has 0 aromatic heterocycles. The van der Waals surface area contributed by atoms with Crippen LogP contribution >= 0.6 is 23.4 Å². The van der Waals surface area contributed by atoms with E-state index in [0.717, 1.165) is 4.90 Å². The van der Waals surface area contributed by atoms with Crippen molar-refractivity contribution in [3.05, 3.63) is 28.8 Å². The number of halogens is 1. The molecule has 0 atom stereocenters. The van der Waals surface area contributed by atoms with Gasteiger partial charge in [0.05, 0.1) is 27.8 Å². The zero-order valence-electron chi connectivity index (χ0n) is 9.05. The highest BCUT2D eigenvalue weighted by Gasteiger charge is 2.28. The number of nitrogens with zero attached hydrogens (tertiary/aromatic N) is 1. The number of thioether (sulfide) groups is 1. The number of hydrogen-bond acceptors (Lipinski definition) is 4.